The monoisotopic (exact) mass is 1600 g/mol. The van der Waals surface area contributed by atoms with Crippen molar-refractivity contribution in [2.45, 2.75) is 6.92 Å². The van der Waals surface area contributed by atoms with Crippen molar-refractivity contribution < 1.29 is 58.9 Å². The number of nitro groups is 2. The number of nitro benzene ring substituents is 2. The van der Waals surface area contributed by atoms with Crippen LogP contribution in [0.4, 0.5) is 45.5 Å². The SMILES string of the molecule is Brc1ccc(-n2c(-c3ccccc3)nc3ccccc32)cc1.CC(=O)[O-].Nc1ccc(Br)cc1.O=C(Cl)c1ccccc1.O=C(Nc1ccccc1Nc1ccc(Br)cc1)c1ccccc1.O=[N+]([O-])c1ccccc1Br.O=[N+]([O-])c1ccccc1Nc1ccc(Br)cc1.[Na+]. The van der Waals surface area contributed by atoms with E-state index in [0.29, 0.717) is 21.3 Å². The summed E-state index contributed by atoms with van der Waals surface area (Å²) < 4.78 is 6.84. The number of hydrogen-bond donors (Lipinski definition) is 4. The Hall–Kier alpha value is -8.61. The van der Waals surface area contributed by atoms with Gasteiger partial charge < -0.3 is 31.6 Å². The second-order valence-corrected chi connectivity index (χ2v) is 23.8. The summed E-state index contributed by atoms with van der Waals surface area (Å²) in [5.41, 5.74) is 15.7. The zero-order valence-corrected chi connectivity index (χ0v) is 60.7. The van der Waals surface area contributed by atoms with E-state index in [0.717, 1.165) is 81.4 Å². The zero-order chi connectivity index (χ0) is 67.1. The van der Waals surface area contributed by atoms with Crippen molar-refractivity contribution in [3.05, 3.63) is 339 Å². The number of nitrogens with zero attached hydrogens (tertiary/aromatic N) is 4. The number of amides is 1. The van der Waals surface area contributed by atoms with Gasteiger partial charge in [0.05, 0.1) is 36.7 Å². The molecule has 12 rings (SSSR count). The fourth-order valence-electron chi connectivity index (χ4n) is 7.89. The minimum Gasteiger partial charge on any atom is -0.550 e. The molecule has 12 aromatic rings. The van der Waals surface area contributed by atoms with Crippen LogP contribution in [0.1, 0.15) is 27.6 Å². The summed E-state index contributed by atoms with van der Waals surface area (Å²) in [5, 5.41) is 38.8. The number of hydrogen-bond acceptors (Lipinski definition) is 12. The quantitative estimate of drug-likeness (QED) is 0.0311. The van der Waals surface area contributed by atoms with E-state index in [1.807, 2.05) is 152 Å². The van der Waals surface area contributed by atoms with Gasteiger partial charge in [0.25, 0.3) is 22.5 Å². The maximum absolute atomic E-state index is 12.3. The molecule has 11 aromatic carbocycles. The molecule has 0 saturated carbocycles. The van der Waals surface area contributed by atoms with Crippen LogP contribution in [0.5, 0.6) is 0 Å². The van der Waals surface area contributed by atoms with Gasteiger partial charge in [-0.05, 0) is 180 Å². The molecular weight excluding hydrogens is 1550 g/mol. The van der Waals surface area contributed by atoms with Crippen LogP contribution in [0.3, 0.4) is 0 Å². The second-order valence-electron chi connectivity index (χ2n) is 18.9. The molecule has 0 bridgehead atoms. The summed E-state index contributed by atoms with van der Waals surface area (Å²) in [7, 11) is 0. The van der Waals surface area contributed by atoms with E-state index < -0.39 is 21.1 Å². The van der Waals surface area contributed by atoms with Gasteiger partial charge in [-0.25, -0.2) is 4.98 Å². The van der Waals surface area contributed by atoms with Gasteiger partial charge >= 0.3 is 29.6 Å². The van der Waals surface area contributed by atoms with Gasteiger partial charge in [0.1, 0.15) is 11.5 Å². The van der Waals surface area contributed by atoms with Gasteiger partial charge in [-0.15, -0.1) is 0 Å². The third kappa shape index (κ3) is 26.1. The standard InChI is InChI=1S/C19H15BrN2O.C19H13BrN2.C12H9BrN2O2.C7H5ClO.C6H4BrNO2.C6H6BrN.C2H4O2.Na/c20-15-10-12-16(13-11-15)21-17-8-4-5-9-18(17)22-19(23)14-6-2-1-3-7-14;20-15-10-12-16(13-11-15)22-18-9-5-4-8-17(18)21-19(22)14-6-2-1-3-7-14;13-9-5-7-10(8-6-9)14-11-3-1-2-4-12(11)15(16)17;8-7(9)6-4-2-1-3-5-6;7-5-3-1-2-4-6(5)8(9)10;7-5-1-3-6(8)4-2-5;1-2(3)4;/h1-13,21H,(H,22,23);1-13H;1-8,14H;1-5H;1-4H;1-4H,8H2;1H3,(H,3,4);/q;;;;;;;+1/p-1. The minimum atomic E-state index is -1.08. The topological polar surface area (TPSA) is 240 Å². The Labute approximate surface area is 611 Å². The smallest absolute Gasteiger partial charge is 0.550 e. The van der Waals surface area contributed by atoms with Crippen molar-refractivity contribution in [1.29, 1.82) is 0 Å². The third-order valence-electron chi connectivity index (χ3n) is 12.2. The van der Waals surface area contributed by atoms with E-state index in [9.17, 15) is 29.8 Å². The van der Waals surface area contributed by atoms with Gasteiger partial charge in [-0.1, -0.05) is 191 Å². The molecule has 0 atom stereocenters. The average molecular weight is 1610 g/mol. The van der Waals surface area contributed by atoms with Gasteiger partial charge in [0.15, 0.2) is 0 Å². The van der Waals surface area contributed by atoms with E-state index >= 15 is 0 Å². The number of nitrogens with one attached hydrogen (secondary N) is 3. The molecule has 470 valence electrons. The number of para-hydroxylation sites is 7. The molecule has 1 heterocycles. The van der Waals surface area contributed by atoms with Crippen LogP contribution in [0.15, 0.2) is 307 Å². The summed E-state index contributed by atoms with van der Waals surface area (Å²) in [6.07, 6.45) is 0. The van der Waals surface area contributed by atoms with Crippen LogP contribution < -0.4 is 56.3 Å². The van der Waals surface area contributed by atoms with Crippen LogP contribution in [-0.2, 0) is 4.79 Å². The molecule has 0 saturated heterocycles. The van der Waals surface area contributed by atoms with Crippen molar-refractivity contribution in [1.82, 2.24) is 9.55 Å². The molecule has 0 radical (unpaired) electrons. The molecular formula is C71H55Br5ClN8NaO8. The Balaban J connectivity index is 0.000000210. The molecule has 0 aliphatic heterocycles. The Morgan fingerprint density at radius 1 is 0.468 bits per heavy atom. The van der Waals surface area contributed by atoms with Crippen molar-refractivity contribution in [2.24, 2.45) is 0 Å². The van der Waals surface area contributed by atoms with Crippen molar-refractivity contribution in [3.8, 4) is 17.1 Å². The van der Waals surface area contributed by atoms with Crippen LogP contribution >= 0.6 is 91.3 Å². The third-order valence-corrected chi connectivity index (χ3v) is 15.2. The van der Waals surface area contributed by atoms with Gasteiger partial charge in [0, 0.05) is 75.4 Å². The fraction of sp³-hybridized carbons (Fsp3) is 0.0141. The Bertz CT molecular complexity index is 4340. The largest absolute Gasteiger partial charge is 1.00 e. The summed E-state index contributed by atoms with van der Waals surface area (Å²) in [6, 6.07) is 88.2. The number of fused-ring (bicyclic) bond motifs is 1. The molecule has 16 nitrogen and oxygen atoms in total. The number of carbonyl (C=O) groups is 3. The molecule has 0 spiro atoms. The van der Waals surface area contributed by atoms with Crippen molar-refractivity contribution in [2.75, 3.05) is 21.7 Å². The predicted molar refractivity (Wildman–Crippen MR) is 390 cm³/mol. The first-order chi connectivity index (χ1) is 44.8. The second kappa shape index (κ2) is 40.5. The van der Waals surface area contributed by atoms with Gasteiger partial charge in [0.2, 0.25) is 0 Å². The van der Waals surface area contributed by atoms with E-state index in [1.165, 1.54) is 12.1 Å². The van der Waals surface area contributed by atoms with Crippen molar-refractivity contribution >= 4 is 165 Å². The maximum atomic E-state index is 12.3. The van der Waals surface area contributed by atoms with Crippen LogP contribution in [-0.4, -0.2) is 36.5 Å². The summed E-state index contributed by atoms with van der Waals surface area (Å²) in [5.74, 6) is -0.250. The number of aliphatic carboxylic acids is 1. The number of anilines is 6. The first-order valence-electron chi connectivity index (χ1n) is 27.6. The molecule has 1 amide bonds. The Kier molecular flexibility index (Phi) is 32.8. The van der Waals surface area contributed by atoms with Crippen LogP contribution in [0, 0.1) is 20.2 Å². The molecule has 0 aliphatic rings. The summed E-state index contributed by atoms with van der Waals surface area (Å²) in [6.45, 7) is 0.972. The Morgan fingerprint density at radius 3 is 1.31 bits per heavy atom. The first kappa shape index (κ1) is 76.1. The zero-order valence-electron chi connectivity index (χ0n) is 50.0. The fourth-order valence-corrected chi connectivity index (χ4v) is 9.50. The van der Waals surface area contributed by atoms with Crippen LogP contribution in [0.2, 0.25) is 0 Å². The number of aromatic nitrogens is 2. The van der Waals surface area contributed by atoms with E-state index in [2.05, 4.69) is 149 Å². The molecule has 5 N–H and O–H groups in total. The molecule has 23 heteroatoms. The maximum Gasteiger partial charge on any atom is 1.00 e. The van der Waals surface area contributed by atoms with E-state index in [4.69, 9.17) is 32.2 Å². The molecule has 0 unspecified atom stereocenters. The molecule has 0 fully saturated rings. The molecule has 0 aliphatic carbocycles. The number of halogens is 6. The number of carbonyl (C=O) groups excluding carboxylic acids is 3. The predicted octanol–water partition coefficient (Wildman–Crippen LogP) is 17.2. The number of nitrogen functional groups attached to an aromatic ring is 1. The number of imidazole rings is 1. The van der Waals surface area contributed by atoms with Crippen molar-refractivity contribution in [3.63, 3.8) is 0 Å². The van der Waals surface area contributed by atoms with Gasteiger partial charge in [-0.3, -0.25) is 34.4 Å². The normalized spacial score (nSPS) is 9.73. The number of carboxylic acid groups (broad SMARTS) is 1. The summed E-state index contributed by atoms with van der Waals surface area (Å²) in [4.78, 5) is 56.6. The number of benzene rings is 11. The minimum absolute atomic E-state index is 0. The molecule has 94 heavy (non-hydrogen) atoms. The number of nitrogens with two attached hydrogens (primary N) is 1. The average Bonchev–Trinajstić information content (AvgIpc) is 1.62. The van der Waals surface area contributed by atoms with Crippen LogP contribution in [0.25, 0.3) is 28.1 Å². The molecule has 1 aromatic heterocycles. The number of rotatable bonds is 11. The Morgan fingerprint density at radius 2 is 0.851 bits per heavy atom. The first-order valence-corrected chi connectivity index (χ1v) is 32.0. The van der Waals surface area contributed by atoms with E-state index in [-0.39, 0.29) is 46.8 Å². The van der Waals surface area contributed by atoms with Gasteiger partial charge in [-0.2, -0.15) is 0 Å². The van der Waals surface area contributed by atoms with E-state index in [1.54, 1.807) is 72.8 Å². The summed E-state index contributed by atoms with van der Waals surface area (Å²) >= 11 is 21.8. The number of carboxylic acids is 1.